The van der Waals surface area contributed by atoms with E-state index in [-0.39, 0.29) is 27.1 Å². The molecule has 4 saturated carbocycles. The van der Waals surface area contributed by atoms with Crippen molar-refractivity contribution in [3.05, 3.63) is 161 Å². The second-order valence-electron chi connectivity index (χ2n) is 24.8. The molecule has 0 amide bonds. The van der Waals surface area contributed by atoms with Crippen LogP contribution in [-0.4, -0.2) is 0 Å². The smallest absolute Gasteiger partial charge is 0.131 e. The molecule has 65 heavy (non-hydrogen) atoms. The molecule has 4 unspecified atom stereocenters. The summed E-state index contributed by atoms with van der Waals surface area (Å²) in [5.74, 6) is 5.22. The fourth-order valence-corrected chi connectivity index (χ4v) is 16.3. The maximum atomic E-state index is 7.03. The Morgan fingerprint density at radius 3 is 1.46 bits per heavy atom. The standard InChI is InChI=1S/C63H67NO/c1-58(2)27-29-60(5,6)49-34-41(21-24-46(49)58)44-15-9-12-18-52(44)64(53-19-13-10-16-45(53)42-22-25-47-50(35-42)61(7,8)30-28-59(47,3)4)43-23-26-55-51(36-43)63(48-17-11-14-20-54(48)65-55)56-32-39-31-40-33-57(63)62(56,37-39)38-40/h9-26,34-36,39-40,56-57H,27-33,37-38H2,1-8H3. The number of fused-ring (bicyclic) bond motifs is 10. The number of hydrogen-bond acceptors (Lipinski definition) is 2. The van der Waals surface area contributed by atoms with Crippen LogP contribution in [0.4, 0.5) is 17.1 Å². The van der Waals surface area contributed by atoms with Gasteiger partial charge in [-0.05, 0) is 178 Å². The van der Waals surface area contributed by atoms with Crippen LogP contribution in [0.15, 0.2) is 127 Å². The Labute approximate surface area is 388 Å². The predicted molar refractivity (Wildman–Crippen MR) is 269 cm³/mol. The number of hydrogen-bond donors (Lipinski definition) is 0. The second kappa shape index (κ2) is 13.3. The van der Waals surface area contributed by atoms with Gasteiger partial charge in [-0.1, -0.05) is 146 Å². The van der Waals surface area contributed by atoms with Gasteiger partial charge in [0.1, 0.15) is 11.5 Å². The molecular weight excluding hydrogens is 787 g/mol. The van der Waals surface area contributed by atoms with Gasteiger partial charge in [0.15, 0.2) is 0 Å². The quantitative estimate of drug-likeness (QED) is 0.171. The van der Waals surface area contributed by atoms with Gasteiger partial charge in [0.2, 0.25) is 0 Å². The fourth-order valence-electron chi connectivity index (χ4n) is 16.3. The first-order valence-electron chi connectivity index (χ1n) is 25.3. The van der Waals surface area contributed by atoms with Crippen LogP contribution in [0.25, 0.3) is 22.3 Å². The summed E-state index contributed by atoms with van der Waals surface area (Å²) in [5.41, 5.74) is 18.6. The molecule has 330 valence electrons. The van der Waals surface area contributed by atoms with E-state index in [4.69, 9.17) is 4.74 Å². The minimum absolute atomic E-state index is 0.0252. The van der Waals surface area contributed by atoms with Crippen molar-refractivity contribution in [2.75, 3.05) is 4.90 Å². The predicted octanol–water partition coefficient (Wildman–Crippen LogP) is 17.0. The largest absolute Gasteiger partial charge is 0.457 e. The van der Waals surface area contributed by atoms with E-state index in [2.05, 4.69) is 188 Å². The lowest BCUT2D eigenvalue weighted by atomic mass is 9.37. The fraction of sp³-hybridized carbons (Fsp3) is 0.429. The Balaban J connectivity index is 1.04. The summed E-state index contributed by atoms with van der Waals surface area (Å²) in [4.78, 5) is 2.63. The van der Waals surface area contributed by atoms with Crippen LogP contribution in [-0.2, 0) is 27.1 Å². The number of benzene rings is 6. The monoisotopic (exact) mass is 854 g/mol. The molecule has 7 aliphatic rings. The van der Waals surface area contributed by atoms with E-state index >= 15 is 0 Å². The molecular formula is C63H67NO. The molecule has 6 aromatic rings. The van der Waals surface area contributed by atoms with Crippen LogP contribution in [0.3, 0.4) is 0 Å². The Morgan fingerprint density at radius 2 is 0.908 bits per heavy atom. The van der Waals surface area contributed by atoms with E-state index in [1.165, 1.54) is 130 Å². The Hall–Kier alpha value is -5.08. The van der Waals surface area contributed by atoms with Gasteiger partial charge in [0.25, 0.3) is 0 Å². The van der Waals surface area contributed by atoms with E-state index in [1.54, 1.807) is 0 Å². The molecule has 0 aromatic heterocycles. The van der Waals surface area contributed by atoms with Gasteiger partial charge in [-0.2, -0.15) is 0 Å². The lowest BCUT2D eigenvalue weighted by Crippen LogP contribution is -2.64. The van der Waals surface area contributed by atoms with Crippen molar-refractivity contribution in [3.8, 4) is 33.8 Å². The Kier molecular flexibility index (Phi) is 8.23. The van der Waals surface area contributed by atoms with Gasteiger partial charge < -0.3 is 9.64 Å². The van der Waals surface area contributed by atoms with Crippen LogP contribution >= 0.6 is 0 Å². The molecule has 0 radical (unpaired) electrons. The number of nitrogens with zero attached hydrogens (tertiary/aromatic N) is 1. The lowest BCUT2D eigenvalue weighted by molar-refractivity contribution is -0.0882. The molecule has 2 spiro atoms. The highest BCUT2D eigenvalue weighted by Crippen LogP contribution is 2.85. The van der Waals surface area contributed by atoms with Gasteiger partial charge >= 0.3 is 0 Å². The van der Waals surface area contributed by atoms with Crippen LogP contribution < -0.4 is 9.64 Å². The van der Waals surface area contributed by atoms with Crippen molar-refractivity contribution in [1.29, 1.82) is 0 Å². The zero-order valence-electron chi connectivity index (χ0n) is 40.2. The van der Waals surface area contributed by atoms with Gasteiger partial charge in [-0.3, -0.25) is 0 Å². The molecule has 1 aliphatic heterocycles. The summed E-state index contributed by atoms with van der Waals surface area (Å²) in [6, 6.07) is 49.9. The van der Waals surface area contributed by atoms with Crippen LogP contribution in [0.1, 0.15) is 147 Å². The zero-order chi connectivity index (χ0) is 44.5. The highest BCUT2D eigenvalue weighted by molar-refractivity contribution is 5.94. The molecule has 2 heteroatoms. The summed E-state index contributed by atoms with van der Waals surface area (Å²) < 4.78 is 7.03. The van der Waals surface area contributed by atoms with Crippen molar-refractivity contribution in [1.82, 2.24) is 0 Å². The molecule has 1 heterocycles. The topological polar surface area (TPSA) is 12.5 Å². The maximum Gasteiger partial charge on any atom is 0.131 e. The van der Waals surface area contributed by atoms with E-state index < -0.39 is 0 Å². The summed E-state index contributed by atoms with van der Waals surface area (Å²) >= 11 is 0. The molecule has 4 fully saturated rings. The highest BCUT2D eigenvalue weighted by atomic mass is 16.5. The molecule has 13 rings (SSSR count). The second-order valence-corrected chi connectivity index (χ2v) is 24.8. The molecule has 4 atom stereocenters. The van der Waals surface area contributed by atoms with E-state index in [0.717, 1.165) is 23.3 Å². The normalized spacial score (nSPS) is 29.4. The number of para-hydroxylation sites is 3. The third kappa shape index (κ3) is 5.46. The molecule has 3 bridgehead atoms. The van der Waals surface area contributed by atoms with Crippen LogP contribution in [0, 0.1) is 29.1 Å². The van der Waals surface area contributed by atoms with E-state index in [0.29, 0.717) is 17.3 Å². The van der Waals surface area contributed by atoms with Crippen molar-refractivity contribution in [2.45, 2.75) is 140 Å². The zero-order valence-corrected chi connectivity index (χ0v) is 40.2. The SMILES string of the molecule is CC1(C)CCC(C)(C)c2cc(-c3ccccc3N(c3ccc4c(c3)C3(c5ccccc5O4)C4CC5CC6CC3C4(C5)C6)c3ccccc3-c3ccc4c(c3)C(C)(C)CCC4(C)C)ccc21. The van der Waals surface area contributed by atoms with Crippen molar-refractivity contribution >= 4 is 17.1 Å². The lowest BCUT2D eigenvalue weighted by Gasteiger charge is -2.66. The first kappa shape index (κ1) is 40.2. The summed E-state index contributed by atoms with van der Waals surface area (Å²) in [5, 5.41) is 0. The third-order valence-electron chi connectivity index (χ3n) is 19.5. The van der Waals surface area contributed by atoms with Gasteiger partial charge in [-0.25, -0.2) is 0 Å². The van der Waals surface area contributed by atoms with Crippen LogP contribution in [0.5, 0.6) is 11.5 Å². The average Bonchev–Trinajstić information content (AvgIpc) is 3.69. The van der Waals surface area contributed by atoms with Crippen molar-refractivity contribution in [3.63, 3.8) is 0 Å². The third-order valence-corrected chi connectivity index (χ3v) is 19.5. The summed E-state index contributed by atoms with van der Waals surface area (Å²) in [6.07, 6.45) is 11.9. The van der Waals surface area contributed by atoms with Crippen LogP contribution in [0.2, 0.25) is 0 Å². The summed E-state index contributed by atoms with van der Waals surface area (Å²) in [6.45, 7) is 19.6. The molecule has 0 saturated heterocycles. The Morgan fingerprint density at radius 1 is 0.431 bits per heavy atom. The maximum absolute atomic E-state index is 7.03. The van der Waals surface area contributed by atoms with Gasteiger partial charge in [0.05, 0.1) is 11.4 Å². The molecule has 0 N–H and O–H groups in total. The average molecular weight is 854 g/mol. The minimum Gasteiger partial charge on any atom is -0.457 e. The van der Waals surface area contributed by atoms with Gasteiger partial charge in [-0.15, -0.1) is 0 Å². The first-order valence-corrected chi connectivity index (χ1v) is 25.3. The van der Waals surface area contributed by atoms with Crippen molar-refractivity contribution in [2.24, 2.45) is 29.1 Å². The van der Waals surface area contributed by atoms with Gasteiger partial charge in [0, 0.05) is 33.4 Å². The van der Waals surface area contributed by atoms with Crippen molar-refractivity contribution < 1.29 is 4.74 Å². The number of anilines is 3. The molecule has 6 aliphatic carbocycles. The first-order chi connectivity index (χ1) is 31.1. The highest BCUT2D eigenvalue weighted by Gasteiger charge is 2.79. The summed E-state index contributed by atoms with van der Waals surface area (Å²) in [7, 11) is 0. The number of rotatable bonds is 5. The molecule has 6 aromatic carbocycles. The molecule has 2 nitrogen and oxygen atoms in total. The van der Waals surface area contributed by atoms with E-state index in [1.807, 2.05) is 0 Å². The minimum atomic E-state index is -0.0252. The van der Waals surface area contributed by atoms with E-state index in [9.17, 15) is 0 Å². The Bertz CT molecular complexity index is 2810. The number of ether oxygens (including phenoxy) is 1.